The first-order valence-corrected chi connectivity index (χ1v) is 5.13. The summed E-state index contributed by atoms with van der Waals surface area (Å²) in [6, 6.07) is 3.15. The summed E-state index contributed by atoms with van der Waals surface area (Å²) in [5.74, 6) is 0.968. The van der Waals surface area contributed by atoms with Crippen LogP contribution in [0, 0.1) is 5.92 Å². The Labute approximate surface area is 88.1 Å². The lowest BCUT2D eigenvalue weighted by atomic mass is 10.3. The van der Waals surface area contributed by atoms with Crippen molar-refractivity contribution in [3.63, 3.8) is 0 Å². The van der Waals surface area contributed by atoms with Crippen LogP contribution in [0.1, 0.15) is 29.8 Å². The summed E-state index contributed by atoms with van der Waals surface area (Å²) in [5.41, 5.74) is 5.69. The van der Waals surface area contributed by atoms with E-state index >= 15 is 0 Å². The minimum Gasteiger partial charge on any atom is -0.382 e. The highest BCUT2D eigenvalue weighted by atomic mass is 16.1. The summed E-state index contributed by atoms with van der Waals surface area (Å²) in [6.45, 7) is 0.718. The standard InChI is InChI=1S/C10H14N4O/c11-9-4-3-8(13-14-9)10(15)12-6-5-7-1-2-7/h3-4,7H,1-2,5-6H2,(H2,11,14)(H,12,15). The van der Waals surface area contributed by atoms with Crippen LogP contribution in [0.5, 0.6) is 0 Å². The van der Waals surface area contributed by atoms with E-state index in [4.69, 9.17) is 5.73 Å². The fourth-order valence-corrected chi connectivity index (χ4v) is 1.35. The third-order valence-electron chi connectivity index (χ3n) is 2.45. The third kappa shape index (κ3) is 2.90. The zero-order chi connectivity index (χ0) is 10.7. The van der Waals surface area contributed by atoms with Gasteiger partial charge in [0.05, 0.1) is 0 Å². The Hall–Kier alpha value is -1.65. The van der Waals surface area contributed by atoms with Crippen molar-refractivity contribution in [2.24, 2.45) is 5.92 Å². The number of nitrogen functional groups attached to an aromatic ring is 1. The Balaban J connectivity index is 1.81. The van der Waals surface area contributed by atoms with E-state index in [9.17, 15) is 4.79 Å². The summed E-state index contributed by atoms with van der Waals surface area (Å²) in [4.78, 5) is 11.5. The lowest BCUT2D eigenvalue weighted by molar-refractivity contribution is 0.0947. The van der Waals surface area contributed by atoms with Crippen molar-refractivity contribution in [2.75, 3.05) is 12.3 Å². The summed E-state index contributed by atoms with van der Waals surface area (Å²) < 4.78 is 0. The van der Waals surface area contributed by atoms with Gasteiger partial charge in [-0.25, -0.2) is 0 Å². The summed E-state index contributed by atoms with van der Waals surface area (Å²) in [5, 5.41) is 10.1. The predicted octanol–water partition coefficient (Wildman–Crippen LogP) is 0.589. The number of carbonyl (C=O) groups is 1. The quantitative estimate of drug-likeness (QED) is 0.755. The number of nitrogens with two attached hydrogens (primary N) is 1. The van der Waals surface area contributed by atoms with Crippen molar-refractivity contribution in [3.05, 3.63) is 17.8 Å². The minimum atomic E-state index is -0.178. The van der Waals surface area contributed by atoms with E-state index in [2.05, 4.69) is 15.5 Å². The first-order chi connectivity index (χ1) is 7.25. The van der Waals surface area contributed by atoms with Crippen molar-refractivity contribution < 1.29 is 4.79 Å². The second-order valence-electron chi connectivity index (χ2n) is 3.83. The molecular weight excluding hydrogens is 192 g/mol. The van der Waals surface area contributed by atoms with Crippen LogP contribution in [0.25, 0.3) is 0 Å². The van der Waals surface area contributed by atoms with Gasteiger partial charge in [0.25, 0.3) is 5.91 Å². The van der Waals surface area contributed by atoms with Crippen molar-refractivity contribution in [3.8, 4) is 0 Å². The molecule has 0 radical (unpaired) electrons. The number of rotatable bonds is 4. The van der Waals surface area contributed by atoms with E-state index in [1.807, 2.05) is 0 Å². The molecule has 1 saturated carbocycles. The van der Waals surface area contributed by atoms with Crippen LogP contribution in [0.2, 0.25) is 0 Å². The van der Waals surface area contributed by atoms with Crippen LogP contribution in [0.3, 0.4) is 0 Å². The number of aromatic nitrogens is 2. The van der Waals surface area contributed by atoms with E-state index in [1.54, 1.807) is 12.1 Å². The lowest BCUT2D eigenvalue weighted by Gasteiger charge is -2.02. The minimum absolute atomic E-state index is 0.178. The zero-order valence-corrected chi connectivity index (χ0v) is 8.44. The highest BCUT2D eigenvalue weighted by molar-refractivity contribution is 5.92. The Bertz CT molecular complexity index is 345. The van der Waals surface area contributed by atoms with Gasteiger partial charge in [0, 0.05) is 6.54 Å². The number of hydrogen-bond donors (Lipinski definition) is 2. The molecule has 0 aliphatic heterocycles. The van der Waals surface area contributed by atoms with Crippen LogP contribution < -0.4 is 11.1 Å². The fraction of sp³-hybridized carbons (Fsp3) is 0.500. The molecule has 1 fully saturated rings. The van der Waals surface area contributed by atoms with Gasteiger partial charge < -0.3 is 11.1 Å². The highest BCUT2D eigenvalue weighted by Crippen LogP contribution is 2.31. The lowest BCUT2D eigenvalue weighted by Crippen LogP contribution is -2.25. The first-order valence-electron chi connectivity index (χ1n) is 5.13. The van der Waals surface area contributed by atoms with Gasteiger partial charge in [-0.3, -0.25) is 4.79 Å². The SMILES string of the molecule is Nc1ccc(C(=O)NCCC2CC2)nn1. The molecule has 0 aromatic carbocycles. The Morgan fingerprint density at radius 3 is 2.87 bits per heavy atom. The van der Waals surface area contributed by atoms with E-state index in [1.165, 1.54) is 12.8 Å². The van der Waals surface area contributed by atoms with Crippen LogP contribution in [-0.2, 0) is 0 Å². The molecule has 1 amide bonds. The number of nitrogens with one attached hydrogen (secondary N) is 1. The molecule has 1 aliphatic rings. The second-order valence-corrected chi connectivity index (χ2v) is 3.83. The highest BCUT2D eigenvalue weighted by Gasteiger charge is 2.20. The topological polar surface area (TPSA) is 80.9 Å². The Kier molecular flexibility index (Phi) is 2.80. The van der Waals surface area contributed by atoms with Gasteiger partial charge >= 0.3 is 0 Å². The first kappa shape index (κ1) is 9.89. The zero-order valence-electron chi connectivity index (χ0n) is 8.44. The molecule has 0 spiro atoms. The van der Waals surface area contributed by atoms with Crippen molar-refractivity contribution in [2.45, 2.75) is 19.3 Å². The number of anilines is 1. The average Bonchev–Trinajstić information content (AvgIpc) is 3.02. The molecule has 1 aliphatic carbocycles. The maximum Gasteiger partial charge on any atom is 0.271 e. The number of nitrogens with zero attached hydrogens (tertiary/aromatic N) is 2. The molecule has 1 heterocycles. The van der Waals surface area contributed by atoms with Gasteiger partial charge in [-0.15, -0.1) is 10.2 Å². The number of hydrogen-bond acceptors (Lipinski definition) is 4. The maximum atomic E-state index is 11.5. The van der Waals surface area contributed by atoms with Gasteiger partial charge in [0.15, 0.2) is 5.69 Å². The molecule has 5 heteroatoms. The van der Waals surface area contributed by atoms with Gasteiger partial charge in [-0.05, 0) is 24.5 Å². The summed E-state index contributed by atoms with van der Waals surface area (Å²) >= 11 is 0. The second kappa shape index (κ2) is 4.25. The Morgan fingerprint density at radius 1 is 1.47 bits per heavy atom. The third-order valence-corrected chi connectivity index (χ3v) is 2.45. The molecule has 3 N–H and O–H groups in total. The van der Waals surface area contributed by atoms with Crippen LogP contribution in [-0.4, -0.2) is 22.6 Å². The monoisotopic (exact) mass is 206 g/mol. The molecule has 15 heavy (non-hydrogen) atoms. The van der Waals surface area contributed by atoms with Crippen molar-refractivity contribution >= 4 is 11.7 Å². The molecule has 1 aromatic heterocycles. The van der Waals surface area contributed by atoms with Gasteiger partial charge in [-0.1, -0.05) is 12.8 Å². The number of amides is 1. The van der Waals surface area contributed by atoms with E-state index in [0.717, 1.165) is 18.9 Å². The predicted molar refractivity (Wildman–Crippen MR) is 56.1 cm³/mol. The van der Waals surface area contributed by atoms with Crippen LogP contribution in [0.15, 0.2) is 12.1 Å². The molecule has 1 aromatic rings. The Morgan fingerprint density at radius 2 is 2.27 bits per heavy atom. The van der Waals surface area contributed by atoms with Crippen molar-refractivity contribution in [1.82, 2.24) is 15.5 Å². The van der Waals surface area contributed by atoms with E-state index in [-0.39, 0.29) is 5.91 Å². The van der Waals surface area contributed by atoms with Gasteiger partial charge in [-0.2, -0.15) is 0 Å². The molecule has 0 bridgehead atoms. The summed E-state index contributed by atoms with van der Waals surface area (Å²) in [7, 11) is 0. The molecule has 0 unspecified atom stereocenters. The number of carbonyl (C=O) groups excluding carboxylic acids is 1. The molecule has 0 saturated heterocycles. The molecule has 0 atom stereocenters. The van der Waals surface area contributed by atoms with E-state index in [0.29, 0.717) is 11.5 Å². The molecule has 5 nitrogen and oxygen atoms in total. The van der Waals surface area contributed by atoms with Gasteiger partial charge in [0.1, 0.15) is 5.82 Å². The molecule has 2 rings (SSSR count). The van der Waals surface area contributed by atoms with Crippen LogP contribution in [0.4, 0.5) is 5.82 Å². The summed E-state index contributed by atoms with van der Waals surface area (Å²) in [6.07, 6.45) is 3.67. The maximum absolute atomic E-state index is 11.5. The normalized spacial score (nSPS) is 14.9. The fourth-order valence-electron chi connectivity index (χ4n) is 1.35. The average molecular weight is 206 g/mol. The van der Waals surface area contributed by atoms with E-state index < -0.39 is 0 Å². The largest absolute Gasteiger partial charge is 0.382 e. The van der Waals surface area contributed by atoms with Crippen LogP contribution >= 0.6 is 0 Å². The molecular formula is C10H14N4O. The molecule has 80 valence electrons. The van der Waals surface area contributed by atoms with Crippen molar-refractivity contribution in [1.29, 1.82) is 0 Å². The smallest absolute Gasteiger partial charge is 0.271 e. The van der Waals surface area contributed by atoms with Gasteiger partial charge in [0.2, 0.25) is 0 Å².